The van der Waals surface area contributed by atoms with Crippen molar-refractivity contribution in [3.63, 3.8) is 0 Å². The molecule has 1 heterocycles. The van der Waals surface area contributed by atoms with Gasteiger partial charge in [0.15, 0.2) is 0 Å². The number of nitrogens with zero attached hydrogens (tertiary/aromatic N) is 2. The van der Waals surface area contributed by atoms with Gasteiger partial charge >= 0.3 is 0 Å². The Kier molecular flexibility index (Phi) is 6.65. The van der Waals surface area contributed by atoms with Gasteiger partial charge in [-0.3, -0.25) is 9.69 Å². The minimum absolute atomic E-state index is 0.0995. The predicted octanol–water partition coefficient (Wildman–Crippen LogP) is 2.09. The average molecular weight is 406 g/mol. The second-order valence-corrected chi connectivity index (χ2v) is 9.75. The zero-order valence-electron chi connectivity index (χ0n) is 15.3. The van der Waals surface area contributed by atoms with E-state index in [-0.39, 0.29) is 41.0 Å². The third kappa shape index (κ3) is 5.64. The first-order valence-electron chi connectivity index (χ1n) is 8.47. The normalized spacial score (nSPS) is 17.7. The van der Waals surface area contributed by atoms with Gasteiger partial charge in [0.1, 0.15) is 10.7 Å². The lowest BCUT2D eigenvalue weighted by molar-refractivity contribution is -0.123. The van der Waals surface area contributed by atoms with Crippen LogP contribution in [-0.4, -0.2) is 61.8 Å². The third-order valence-electron chi connectivity index (χ3n) is 3.94. The molecule has 1 N–H and O–H groups in total. The van der Waals surface area contributed by atoms with Crippen molar-refractivity contribution in [2.75, 3.05) is 32.7 Å². The second kappa shape index (κ2) is 8.21. The zero-order chi connectivity index (χ0) is 19.5. The second-order valence-electron chi connectivity index (χ2n) is 7.41. The van der Waals surface area contributed by atoms with Gasteiger partial charge in [-0.1, -0.05) is 11.6 Å². The van der Waals surface area contributed by atoms with Crippen molar-refractivity contribution >= 4 is 27.5 Å². The highest BCUT2D eigenvalue weighted by molar-refractivity contribution is 7.89. The number of sulfonamides is 1. The lowest BCUT2D eigenvalue weighted by atomic mass is 10.1. The fraction of sp³-hybridized carbons (Fsp3) is 0.588. The van der Waals surface area contributed by atoms with E-state index in [0.29, 0.717) is 19.5 Å². The number of hydrogen-bond acceptors (Lipinski definition) is 4. The number of rotatable bonds is 4. The molecule has 1 aliphatic rings. The number of carbonyl (C=O) groups is 1. The molecule has 1 aromatic rings. The summed E-state index contributed by atoms with van der Waals surface area (Å²) in [7, 11) is -3.94. The van der Waals surface area contributed by atoms with Crippen LogP contribution in [0.15, 0.2) is 23.1 Å². The van der Waals surface area contributed by atoms with Crippen LogP contribution in [0.4, 0.5) is 4.39 Å². The largest absolute Gasteiger partial charge is 0.350 e. The Morgan fingerprint density at radius 3 is 2.54 bits per heavy atom. The summed E-state index contributed by atoms with van der Waals surface area (Å²) in [6.45, 7) is 7.42. The monoisotopic (exact) mass is 405 g/mol. The fourth-order valence-electron chi connectivity index (χ4n) is 2.83. The van der Waals surface area contributed by atoms with Gasteiger partial charge < -0.3 is 5.32 Å². The first kappa shape index (κ1) is 21.1. The van der Waals surface area contributed by atoms with Crippen LogP contribution < -0.4 is 5.32 Å². The topological polar surface area (TPSA) is 69.7 Å². The lowest BCUT2D eigenvalue weighted by Crippen LogP contribution is -2.46. The minimum Gasteiger partial charge on any atom is -0.350 e. The van der Waals surface area contributed by atoms with Gasteiger partial charge in [0, 0.05) is 30.2 Å². The van der Waals surface area contributed by atoms with E-state index in [9.17, 15) is 17.6 Å². The van der Waals surface area contributed by atoms with E-state index in [1.54, 1.807) is 0 Å². The van der Waals surface area contributed by atoms with Gasteiger partial charge in [0.25, 0.3) is 0 Å². The van der Waals surface area contributed by atoms with Gasteiger partial charge in [0.2, 0.25) is 15.9 Å². The van der Waals surface area contributed by atoms with Crippen molar-refractivity contribution in [1.29, 1.82) is 0 Å². The smallest absolute Gasteiger partial charge is 0.246 e. The predicted molar refractivity (Wildman–Crippen MR) is 99.1 cm³/mol. The average Bonchev–Trinajstić information content (AvgIpc) is 2.70. The van der Waals surface area contributed by atoms with Crippen LogP contribution in [-0.2, 0) is 14.8 Å². The molecule has 0 atom stereocenters. The molecule has 0 saturated carbocycles. The molecule has 1 fully saturated rings. The highest BCUT2D eigenvalue weighted by atomic mass is 35.5. The van der Waals surface area contributed by atoms with E-state index in [2.05, 4.69) is 5.32 Å². The standard InChI is InChI=1S/C17H25ClFN3O3S/c1-17(2,3)20-16(23)12-21-7-4-8-22(10-9-21)26(24,25)15-6-5-13(18)11-14(15)19/h5-6,11H,4,7-10,12H2,1-3H3,(H,20,23). The number of carbonyl (C=O) groups excluding carboxylic acids is 1. The van der Waals surface area contributed by atoms with Gasteiger partial charge in [-0.15, -0.1) is 0 Å². The Hall–Kier alpha value is -1.22. The van der Waals surface area contributed by atoms with Crippen LogP contribution in [0.3, 0.4) is 0 Å². The van der Waals surface area contributed by atoms with Gasteiger partial charge in [-0.25, -0.2) is 12.8 Å². The summed E-state index contributed by atoms with van der Waals surface area (Å²) in [5.41, 5.74) is -0.315. The van der Waals surface area contributed by atoms with E-state index < -0.39 is 15.8 Å². The van der Waals surface area contributed by atoms with Gasteiger partial charge in [0.05, 0.1) is 6.54 Å². The molecule has 1 aliphatic heterocycles. The number of halogens is 2. The zero-order valence-corrected chi connectivity index (χ0v) is 16.8. The van der Waals surface area contributed by atoms with Crippen molar-refractivity contribution < 1.29 is 17.6 Å². The Morgan fingerprint density at radius 1 is 1.23 bits per heavy atom. The van der Waals surface area contributed by atoms with Crippen LogP contribution in [0, 0.1) is 5.82 Å². The summed E-state index contributed by atoms with van der Waals surface area (Å²) >= 11 is 5.70. The maximum absolute atomic E-state index is 14.1. The van der Waals surface area contributed by atoms with Crippen molar-refractivity contribution in [3.05, 3.63) is 29.0 Å². The molecular weight excluding hydrogens is 381 g/mol. The quantitative estimate of drug-likeness (QED) is 0.832. The molecule has 0 spiro atoms. The minimum atomic E-state index is -3.94. The highest BCUT2D eigenvalue weighted by Gasteiger charge is 2.30. The maximum atomic E-state index is 14.1. The molecule has 1 saturated heterocycles. The van der Waals surface area contributed by atoms with Crippen LogP contribution in [0.2, 0.25) is 5.02 Å². The molecular formula is C17H25ClFN3O3S. The number of hydrogen-bond donors (Lipinski definition) is 1. The lowest BCUT2D eigenvalue weighted by Gasteiger charge is -2.25. The van der Waals surface area contributed by atoms with Crippen LogP contribution in [0.5, 0.6) is 0 Å². The van der Waals surface area contributed by atoms with Gasteiger partial charge in [-0.2, -0.15) is 4.31 Å². The molecule has 1 amide bonds. The number of nitrogens with one attached hydrogen (secondary N) is 1. The Morgan fingerprint density at radius 2 is 1.92 bits per heavy atom. The SMILES string of the molecule is CC(C)(C)NC(=O)CN1CCCN(S(=O)(=O)c2ccc(Cl)cc2F)CC1. The van der Waals surface area contributed by atoms with Crippen LogP contribution in [0.25, 0.3) is 0 Å². The molecule has 9 heteroatoms. The summed E-state index contributed by atoms with van der Waals surface area (Å²) in [6, 6.07) is 3.54. The van der Waals surface area contributed by atoms with E-state index >= 15 is 0 Å². The van der Waals surface area contributed by atoms with Crippen molar-refractivity contribution in [3.8, 4) is 0 Å². The summed E-state index contributed by atoms with van der Waals surface area (Å²) in [5.74, 6) is -0.958. The molecule has 0 aliphatic carbocycles. The third-order valence-corrected chi connectivity index (χ3v) is 6.11. The molecule has 0 bridgehead atoms. The van der Waals surface area contributed by atoms with E-state index in [0.717, 1.165) is 6.07 Å². The van der Waals surface area contributed by atoms with Crippen molar-refractivity contribution in [2.24, 2.45) is 0 Å². The maximum Gasteiger partial charge on any atom is 0.246 e. The van der Waals surface area contributed by atoms with Crippen molar-refractivity contribution in [1.82, 2.24) is 14.5 Å². The molecule has 146 valence electrons. The van der Waals surface area contributed by atoms with Gasteiger partial charge in [-0.05, 0) is 51.9 Å². The molecule has 26 heavy (non-hydrogen) atoms. The van der Waals surface area contributed by atoms with Crippen LogP contribution in [0.1, 0.15) is 27.2 Å². The Labute approximate surface area is 159 Å². The number of amides is 1. The van der Waals surface area contributed by atoms with E-state index in [4.69, 9.17) is 11.6 Å². The molecule has 0 radical (unpaired) electrons. The molecule has 0 aromatic heterocycles. The summed E-state index contributed by atoms with van der Waals surface area (Å²) < 4.78 is 40.8. The number of benzene rings is 1. The van der Waals surface area contributed by atoms with E-state index in [1.807, 2.05) is 25.7 Å². The van der Waals surface area contributed by atoms with E-state index in [1.165, 1.54) is 16.4 Å². The first-order chi connectivity index (χ1) is 12.0. The first-order valence-corrected chi connectivity index (χ1v) is 10.3. The summed E-state index contributed by atoms with van der Waals surface area (Å²) in [5, 5.41) is 3.04. The fourth-order valence-corrected chi connectivity index (χ4v) is 4.50. The summed E-state index contributed by atoms with van der Waals surface area (Å²) in [6.07, 6.45) is 0.567. The molecule has 6 nitrogen and oxygen atoms in total. The molecule has 0 unspecified atom stereocenters. The molecule has 2 rings (SSSR count). The van der Waals surface area contributed by atoms with Crippen molar-refractivity contribution in [2.45, 2.75) is 37.6 Å². The Balaban J connectivity index is 2.04. The Bertz CT molecular complexity index is 765. The molecule has 1 aromatic carbocycles. The highest BCUT2D eigenvalue weighted by Crippen LogP contribution is 2.23. The summed E-state index contributed by atoms with van der Waals surface area (Å²) in [4.78, 5) is 13.6. The van der Waals surface area contributed by atoms with Crippen LogP contribution >= 0.6 is 11.6 Å².